The molecule has 82 valence electrons. The van der Waals surface area contributed by atoms with Crippen molar-refractivity contribution in [1.82, 2.24) is 15.2 Å². The predicted octanol–water partition coefficient (Wildman–Crippen LogP) is 1.26. The fourth-order valence-electron chi connectivity index (χ4n) is 2.32. The predicted molar refractivity (Wildman–Crippen MR) is 61.6 cm³/mol. The number of pyridine rings is 1. The van der Waals surface area contributed by atoms with Gasteiger partial charge in [0.25, 0.3) is 0 Å². The second-order valence-electron chi connectivity index (χ2n) is 4.52. The second kappa shape index (κ2) is 4.73. The summed E-state index contributed by atoms with van der Waals surface area (Å²) in [4.78, 5) is 6.63. The fraction of sp³-hybridized carbons (Fsp3) is 0.583. The Kier molecular flexibility index (Phi) is 3.34. The Morgan fingerprint density at radius 2 is 2.13 bits per heavy atom. The van der Waals surface area contributed by atoms with E-state index in [4.69, 9.17) is 0 Å². The third kappa shape index (κ3) is 3.01. The van der Waals surface area contributed by atoms with Crippen molar-refractivity contribution < 1.29 is 0 Å². The molecule has 0 spiro atoms. The van der Waals surface area contributed by atoms with Gasteiger partial charge < -0.3 is 5.32 Å². The maximum Gasteiger partial charge on any atom is 0.0312 e. The largest absolute Gasteiger partial charge is 0.309 e. The van der Waals surface area contributed by atoms with Crippen molar-refractivity contribution in [2.75, 3.05) is 13.1 Å². The molecule has 3 nitrogen and oxygen atoms in total. The molecule has 0 bridgehead atoms. The van der Waals surface area contributed by atoms with Crippen LogP contribution in [0.25, 0.3) is 0 Å². The molecule has 15 heavy (non-hydrogen) atoms. The third-order valence-corrected chi connectivity index (χ3v) is 2.76. The van der Waals surface area contributed by atoms with Crippen LogP contribution >= 0.6 is 0 Å². The van der Waals surface area contributed by atoms with Gasteiger partial charge in [0.05, 0.1) is 0 Å². The van der Waals surface area contributed by atoms with Crippen molar-refractivity contribution in [2.24, 2.45) is 0 Å². The molecule has 0 aromatic carbocycles. The quantitative estimate of drug-likeness (QED) is 0.788. The highest BCUT2D eigenvalue weighted by atomic mass is 15.2. The van der Waals surface area contributed by atoms with Gasteiger partial charge in [0, 0.05) is 44.1 Å². The second-order valence-corrected chi connectivity index (χ2v) is 4.52. The van der Waals surface area contributed by atoms with Crippen molar-refractivity contribution in [1.29, 1.82) is 0 Å². The summed E-state index contributed by atoms with van der Waals surface area (Å²) in [6.07, 6.45) is 3.78. The lowest BCUT2D eigenvalue weighted by Gasteiger charge is -2.36. The highest BCUT2D eigenvalue weighted by Crippen LogP contribution is 2.08. The maximum atomic E-state index is 4.15. The SMILES string of the molecule is CC1CN(Cc2cccnc2)CC(C)N1. The summed E-state index contributed by atoms with van der Waals surface area (Å²) >= 11 is 0. The minimum atomic E-state index is 0.588. The monoisotopic (exact) mass is 205 g/mol. The Morgan fingerprint density at radius 3 is 2.73 bits per heavy atom. The first-order valence-corrected chi connectivity index (χ1v) is 5.61. The van der Waals surface area contributed by atoms with Crippen LogP contribution < -0.4 is 5.32 Å². The highest BCUT2D eigenvalue weighted by Gasteiger charge is 2.20. The van der Waals surface area contributed by atoms with Gasteiger partial charge in [0.2, 0.25) is 0 Å². The molecule has 2 atom stereocenters. The number of rotatable bonds is 2. The zero-order valence-electron chi connectivity index (χ0n) is 9.48. The lowest BCUT2D eigenvalue weighted by Crippen LogP contribution is -2.53. The van der Waals surface area contributed by atoms with Gasteiger partial charge in [-0.25, -0.2) is 0 Å². The molecule has 2 unspecified atom stereocenters. The standard InChI is InChI=1S/C12H19N3/c1-10-7-15(8-11(2)14-10)9-12-4-3-5-13-6-12/h3-6,10-11,14H,7-9H2,1-2H3. The maximum absolute atomic E-state index is 4.15. The van der Waals surface area contributed by atoms with Gasteiger partial charge in [-0.05, 0) is 25.5 Å². The topological polar surface area (TPSA) is 28.2 Å². The van der Waals surface area contributed by atoms with Gasteiger partial charge in [0.1, 0.15) is 0 Å². The van der Waals surface area contributed by atoms with E-state index < -0.39 is 0 Å². The molecule has 1 aromatic rings. The summed E-state index contributed by atoms with van der Waals surface area (Å²) in [5.74, 6) is 0. The van der Waals surface area contributed by atoms with Crippen molar-refractivity contribution >= 4 is 0 Å². The van der Waals surface area contributed by atoms with E-state index >= 15 is 0 Å². The summed E-state index contributed by atoms with van der Waals surface area (Å²) in [5, 5.41) is 3.54. The summed E-state index contributed by atoms with van der Waals surface area (Å²) in [6.45, 7) is 7.75. The van der Waals surface area contributed by atoms with E-state index in [1.54, 1.807) is 0 Å². The van der Waals surface area contributed by atoms with Crippen LogP contribution in [0.5, 0.6) is 0 Å². The van der Waals surface area contributed by atoms with E-state index in [1.807, 2.05) is 18.5 Å². The molecule has 2 heterocycles. The van der Waals surface area contributed by atoms with Crippen molar-refractivity contribution in [2.45, 2.75) is 32.5 Å². The van der Waals surface area contributed by atoms with Crippen molar-refractivity contribution in [3.63, 3.8) is 0 Å². The normalized spacial score (nSPS) is 27.9. The average molecular weight is 205 g/mol. The van der Waals surface area contributed by atoms with Gasteiger partial charge in [-0.15, -0.1) is 0 Å². The molecule has 1 fully saturated rings. The fourth-order valence-corrected chi connectivity index (χ4v) is 2.32. The molecule has 0 radical (unpaired) electrons. The molecule has 1 aliphatic rings. The lowest BCUT2D eigenvalue weighted by atomic mass is 10.1. The zero-order chi connectivity index (χ0) is 10.7. The molecule has 1 N–H and O–H groups in total. The first-order valence-electron chi connectivity index (χ1n) is 5.61. The first kappa shape index (κ1) is 10.6. The summed E-state index contributed by atoms with van der Waals surface area (Å²) in [5.41, 5.74) is 1.30. The van der Waals surface area contributed by atoms with Gasteiger partial charge in [-0.3, -0.25) is 9.88 Å². The molecule has 3 heteroatoms. The van der Waals surface area contributed by atoms with E-state index in [0.29, 0.717) is 12.1 Å². The van der Waals surface area contributed by atoms with Crippen LogP contribution in [0.2, 0.25) is 0 Å². The molecule has 2 rings (SSSR count). The number of piperazine rings is 1. The van der Waals surface area contributed by atoms with Crippen LogP contribution in [0.3, 0.4) is 0 Å². The summed E-state index contributed by atoms with van der Waals surface area (Å²) in [6, 6.07) is 5.32. The van der Waals surface area contributed by atoms with Crippen LogP contribution in [0.4, 0.5) is 0 Å². The third-order valence-electron chi connectivity index (χ3n) is 2.76. The summed E-state index contributed by atoms with van der Waals surface area (Å²) < 4.78 is 0. The van der Waals surface area contributed by atoms with Gasteiger partial charge in [0.15, 0.2) is 0 Å². The van der Waals surface area contributed by atoms with Crippen LogP contribution in [-0.4, -0.2) is 35.1 Å². The molecular weight excluding hydrogens is 186 g/mol. The number of hydrogen-bond acceptors (Lipinski definition) is 3. The number of nitrogens with zero attached hydrogens (tertiary/aromatic N) is 2. The molecule has 1 saturated heterocycles. The highest BCUT2D eigenvalue weighted by molar-refractivity contribution is 5.08. The van der Waals surface area contributed by atoms with Crippen LogP contribution in [0.1, 0.15) is 19.4 Å². The number of aromatic nitrogens is 1. The number of nitrogens with one attached hydrogen (secondary N) is 1. The Labute approximate surface area is 91.5 Å². The molecule has 0 amide bonds. The lowest BCUT2D eigenvalue weighted by molar-refractivity contribution is 0.166. The van der Waals surface area contributed by atoms with E-state index in [2.05, 4.69) is 35.1 Å². The molecule has 0 aliphatic carbocycles. The van der Waals surface area contributed by atoms with Crippen LogP contribution in [0, 0.1) is 0 Å². The van der Waals surface area contributed by atoms with Gasteiger partial charge >= 0.3 is 0 Å². The number of hydrogen-bond donors (Lipinski definition) is 1. The smallest absolute Gasteiger partial charge is 0.0312 e. The average Bonchev–Trinajstić information content (AvgIpc) is 2.17. The zero-order valence-corrected chi connectivity index (χ0v) is 9.48. The Bertz CT molecular complexity index is 289. The van der Waals surface area contributed by atoms with Crippen LogP contribution in [0.15, 0.2) is 24.5 Å². The van der Waals surface area contributed by atoms with E-state index in [9.17, 15) is 0 Å². The Morgan fingerprint density at radius 1 is 1.40 bits per heavy atom. The molecule has 1 aliphatic heterocycles. The Hall–Kier alpha value is -0.930. The minimum absolute atomic E-state index is 0.588. The molecule has 0 saturated carbocycles. The molecule has 1 aromatic heterocycles. The van der Waals surface area contributed by atoms with Gasteiger partial charge in [-0.2, -0.15) is 0 Å². The summed E-state index contributed by atoms with van der Waals surface area (Å²) in [7, 11) is 0. The van der Waals surface area contributed by atoms with E-state index in [1.165, 1.54) is 5.56 Å². The molecular formula is C12H19N3. The van der Waals surface area contributed by atoms with Crippen molar-refractivity contribution in [3.8, 4) is 0 Å². The Balaban J connectivity index is 1.94. The first-order chi connectivity index (χ1) is 7.24. The van der Waals surface area contributed by atoms with Crippen LogP contribution in [-0.2, 0) is 6.54 Å². The van der Waals surface area contributed by atoms with Crippen molar-refractivity contribution in [3.05, 3.63) is 30.1 Å². The van der Waals surface area contributed by atoms with E-state index in [-0.39, 0.29) is 0 Å². The van der Waals surface area contributed by atoms with E-state index in [0.717, 1.165) is 19.6 Å². The minimum Gasteiger partial charge on any atom is -0.309 e. The van der Waals surface area contributed by atoms with Gasteiger partial charge in [-0.1, -0.05) is 6.07 Å².